The third-order valence-corrected chi connectivity index (χ3v) is 2.98. The zero-order chi connectivity index (χ0) is 12.5. The number of fused-ring (bicyclic) bond motifs is 1. The van der Waals surface area contributed by atoms with E-state index in [0.29, 0.717) is 0 Å². The number of nitrogens with zero attached hydrogens (tertiary/aromatic N) is 3. The Balaban J connectivity index is 2.32. The number of rotatable bonds is 2. The van der Waals surface area contributed by atoms with E-state index in [-0.39, 0.29) is 0 Å². The van der Waals surface area contributed by atoms with Crippen LogP contribution in [-0.4, -0.2) is 21.9 Å². The lowest BCUT2D eigenvalue weighted by Crippen LogP contribution is -2.00. The fraction of sp³-hybridized carbons (Fsp3) is 0.143. The molecule has 0 aliphatic rings. The van der Waals surface area contributed by atoms with Crippen molar-refractivity contribution in [2.24, 2.45) is 0 Å². The topological polar surface area (TPSA) is 39.9 Å². The highest BCUT2D eigenvalue weighted by molar-refractivity contribution is 5.83. The van der Waals surface area contributed by atoms with Crippen molar-refractivity contribution in [3.8, 4) is 11.4 Å². The van der Waals surface area contributed by atoms with E-state index in [1.165, 1.54) is 0 Å². The lowest BCUT2D eigenvalue weighted by molar-refractivity contribution is 0.411. The van der Waals surface area contributed by atoms with Crippen LogP contribution in [0.2, 0.25) is 0 Å². The van der Waals surface area contributed by atoms with Gasteiger partial charge >= 0.3 is 0 Å². The molecule has 0 fully saturated rings. The second kappa shape index (κ2) is 4.14. The number of aromatic nitrogens is 3. The van der Waals surface area contributed by atoms with Crippen LogP contribution in [0.1, 0.15) is 5.69 Å². The van der Waals surface area contributed by atoms with Crippen molar-refractivity contribution < 1.29 is 4.74 Å². The van der Waals surface area contributed by atoms with Gasteiger partial charge in [0.25, 0.3) is 0 Å². The Hall–Kier alpha value is -2.36. The molecule has 0 bridgehead atoms. The predicted molar refractivity (Wildman–Crippen MR) is 70.2 cm³/mol. The standard InChI is InChI=1S/C14H13N3O/c1-10-11-5-3-4-6-12(11)17(16-10)13-9-15-8-7-14(13)18-2/h3-9H,1-2H3. The fourth-order valence-corrected chi connectivity index (χ4v) is 2.11. The van der Waals surface area contributed by atoms with Gasteiger partial charge in [0.15, 0.2) is 0 Å². The average Bonchev–Trinajstić information content (AvgIpc) is 2.77. The van der Waals surface area contributed by atoms with Crippen LogP contribution in [0.15, 0.2) is 42.7 Å². The van der Waals surface area contributed by atoms with Gasteiger partial charge in [-0.1, -0.05) is 18.2 Å². The van der Waals surface area contributed by atoms with Crippen molar-refractivity contribution in [1.82, 2.24) is 14.8 Å². The van der Waals surface area contributed by atoms with E-state index < -0.39 is 0 Å². The van der Waals surface area contributed by atoms with Crippen molar-refractivity contribution in [1.29, 1.82) is 0 Å². The van der Waals surface area contributed by atoms with E-state index in [0.717, 1.165) is 28.0 Å². The van der Waals surface area contributed by atoms with Gasteiger partial charge in [-0.15, -0.1) is 0 Å². The maximum absolute atomic E-state index is 5.36. The highest BCUT2D eigenvalue weighted by Crippen LogP contribution is 2.26. The number of hydrogen-bond donors (Lipinski definition) is 0. The van der Waals surface area contributed by atoms with Crippen LogP contribution in [0.4, 0.5) is 0 Å². The molecule has 3 rings (SSSR count). The first-order valence-electron chi connectivity index (χ1n) is 5.74. The maximum atomic E-state index is 5.36. The Morgan fingerprint density at radius 2 is 2.00 bits per heavy atom. The fourth-order valence-electron chi connectivity index (χ4n) is 2.11. The van der Waals surface area contributed by atoms with Crippen LogP contribution in [0.25, 0.3) is 16.6 Å². The summed E-state index contributed by atoms with van der Waals surface area (Å²) in [5.74, 6) is 0.762. The van der Waals surface area contributed by atoms with Crippen LogP contribution in [-0.2, 0) is 0 Å². The molecule has 0 unspecified atom stereocenters. The summed E-state index contributed by atoms with van der Waals surface area (Å²) in [6.45, 7) is 2.00. The average molecular weight is 239 g/mol. The van der Waals surface area contributed by atoms with E-state index >= 15 is 0 Å². The third-order valence-electron chi connectivity index (χ3n) is 2.98. The molecule has 0 atom stereocenters. The molecular weight excluding hydrogens is 226 g/mol. The molecule has 18 heavy (non-hydrogen) atoms. The Morgan fingerprint density at radius 1 is 1.17 bits per heavy atom. The van der Waals surface area contributed by atoms with Crippen molar-refractivity contribution in [2.45, 2.75) is 6.92 Å². The predicted octanol–water partition coefficient (Wildman–Crippen LogP) is 2.74. The van der Waals surface area contributed by atoms with Crippen LogP contribution in [0.5, 0.6) is 5.75 Å². The normalized spacial score (nSPS) is 10.8. The minimum Gasteiger partial charge on any atom is -0.494 e. The minimum absolute atomic E-state index is 0.762. The Morgan fingerprint density at radius 3 is 2.83 bits per heavy atom. The Bertz CT molecular complexity index is 703. The Kier molecular flexibility index (Phi) is 2.48. The summed E-state index contributed by atoms with van der Waals surface area (Å²) in [5.41, 5.74) is 2.90. The first-order chi connectivity index (χ1) is 8.81. The van der Waals surface area contributed by atoms with Gasteiger partial charge in [0.05, 0.1) is 24.5 Å². The molecule has 4 nitrogen and oxygen atoms in total. The number of hydrogen-bond acceptors (Lipinski definition) is 3. The summed E-state index contributed by atoms with van der Waals surface area (Å²) in [5, 5.41) is 5.71. The molecule has 0 saturated heterocycles. The van der Waals surface area contributed by atoms with E-state index in [2.05, 4.69) is 16.1 Å². The lowest BCUT2D eigenvalue weighted by atomic mass is 10.2. The second-order valence-corrected chi connectivity index (χ2v) is 4.06. The molecule has 0 amide bonds. The zero-order valence-electron chi connectivity index (χ0n) is 10.3. The number of benzene rings is 1. The van der Waals surface area contributed by atoms with Crippen molar-refractivity contribution in [3.05, 3.63) is 48.4 Å². The first-order valence-corrected chi connectivity index (χ1v) is 5.74. The van der Waals surface area contributed by atoms with Gasteiger partial charge in [-0.2, -0.15) is 5.10 Å². The van der Waals surface area contributed by atoms with Crippen molar-refractivity contribution >= 4 is 10.9 Å². The Labute approximate surface area is 105 Å². The highest BCUT2D eigenvalue weighted by atomic mass is 16.5. The highest BCUT2D eigenvalue weighted by Gasteiger charge is 2.11. The molecule has 4 heteroatoms. The van der Waals surface area contributed by atoms with Crippen LogP contribution in [0.3, 0.4) is 0 Å². The van der Waals surface area contributed by atoms with E-state index in [4.69, 9.17) is 4.74 Å². The summed E-state index contributed by atoms with van der Waals surface area (Å²) < 4.78 is 7.23. The summed E-state index contributed by atoms with van der Waals surface area (Å²) in [6.07, 6.45) is 3.47. The molecule has 0 aliphatic carbocycles. The molecule has 0 spiro atoms. The third kappa shape index (κ3) is 1.54. The smallest absolute Gasteiger partial charge is 0.147 e. The quantitative estimate of drug-likeness (QED) is 0.690. The summed E-state index contributed by atoms with van der Waals surface area (Å²) in [6, 6.07) is 9.96. The largest absolute Gasteiger partial charge is 0.494 e. The van der Waals surface area contributed by atoms with E-state index in [9.17, 15) is 0 Å². The molecule has 0 saturated carbocycles. The molecule has 2 aromatic heterocycles. The molecular formula is C14H13N3O. The minimum atomic E-state index is 0.762. The molecule has 0 N–H and O–H groups in total. The van der Waals surface area contributed by atoms with Gasteiger partial charge in [0, 0.05) is 17.6 Å². The van der Waals surface area contributed by atoms with Gasteiger partial charge in [0.2, 0.25) is 0 Å². The van der Waals surface area contributed by atoms with Gasteiger partial charge in [0.1, 0.15) is 11.4 Å². The zero-order valence-corrected chi connectivity index (χ0v) is 10.3. The molecule has 1 aromatic carbocycles. The van der Waals surface area contributed by atoms with Crippen molar-refractivity contribution in [3.63, 3.8) is 0 Å². The maximum Gasteiger partial charge on any atom is 0.147 e. The number of methoxy groups -OCH3 is 1. The van der Waals surface area contributed by atoms with Crippen molar-refractivity contribution in [2.75, 3.05) is 7.11 Å². The summed E-state index contributed by atoms with van der Waals surface area (Å²) in [7, 11) is 1.65. The van der Waals surface area contributed by atoms with Crippen LogP contribution < -0.4 is 4.74 Å². The molecule has 2 heterocycles. The van der Waals surface area contributed by atoms with Gasteiger partial charge < -0.3 is 4.74 Å². The number of aryl methyl sites for hydroxylation is 1. The first kappa shape index (κ1) is 10.8. The van der Waals surface area contributed by atoms with Gasteiger partial charge in [-0.05, 0) is 13.0 Å². The summed E-state index contributed by atoms with van der Waals surface area (Å²) >= 11 is 0. The van der Waals surface area contributed by atoms with E-state index in [1.54, 1.807) is 19.5 Å². The van der Waals surface area contributed by atoms with E-state index in [1.807, 2.05) is 35.9 Å². The molecule has 0 radical (unpaired) electrons. The monoisotopic (exact) mass is 239 g/mol. The molecule has 0 aliphatic heterocycles. The SMILES string of the molecule is COc1ccncc1-n1nc(C)c2ccccc21. The van der Waals surface area contributed by atoms with Crippen LogP contribution in [0, 0.1) is 6.92 Å². The second-order valence-electron chi connectivity index (χ2n) is 4.06. The van der Waals surface area contributed by atoms with Gasteiger partial charge in [-0.3, -0.25) is 4.98 Å². The lowest BCUT2D eigenvalue weighted by Gasteiger charge is -2.08. The number of ether oxygens (including phenoxy) is 1. The number of para-hydroxylation sites is 1. The van der Waals surface area contributed by atoms with Gasteiger partial charge in [-0.25, -0.2) is 4.68 Å². The molecule has 3 aromatic rings. The number of pyridine rings is 1. The van der Waals surface area contributed by atoms with Crippen LogP contribution >= 0.6 is 0 Å². The summed E-state index contributed by atoms with van der Waals surface area (Å²) in [4.78, 5) is 4.14. The molecule has 90 valence electrons.